The summed E-state index contributed by atoms with van der Waals surface area (Å²) in [6.45, 7) is 6.06. The first kappa shape index (κ1) is 20.6. The second kappa shape index (κ2) is 8.47. The standard InChI is InChI=1S/C23H26N2O4/c1-14(2)20(24-21(26)16-9-6-7-15(3)11-16)22(27)25-12-17-8-4-5-10-18(17)19(13-25)23(28)29/h4-11,14,19-20H,12-13H2,1-3H3,(H,24,26)(H,28,29). The Labute approximate surface area is 170 Å². The lowest BCUT2D eigenvalue weighted by Crippen LogP contribution is -2.53. The highest BCUT2D eigenvalue weighted by Gasteiger charge is 2.36. The Morgan fingerprint density at radius 1 is 1.10 bits per heavy atom. The third-order valence-corrected chi connectivity index (χ3v) is 5.30. The summed E-state index contributed by atoms with van der Waals surface area (Å²) in [7, 11) is 0. The van der Waals surface area contributed by atoms with Gasteiger partial charge in [0.15, 0.2) is 0 Å². The fourth-order valence-electron chi connectivity index (χ4n) is 3.71. The lowest BCUT2D eigenvalue weighted by Gasteiger charge is -2.36. The van der Waals surface area contributed by atoms with Gasteiger partial charge in [-0.25, -0.2) is 0 Å². The lowest BCUT2D eigenvalue weighted by molar-refractivity contribution is -0.142. The molecule has 6 nitrogen and oxygen atoms in total. The number of carbonyl (C=O) groups is 3. The predicted molar refractivity (Wildman–Crippen MR) is 110 cm³/mol. The monoisotopic (exact) mass is 394 g/mol. The van der Waals surface area contributed by atoms with Crippen LogP contribution in [0.2, 0.25) is 0 Å². The molecule has 1 aliphatic rings. The van der Waals surface area contributed by atoms with E-state index in [9.17, 15) is 19.5 Å². The summed E-state index contributed by atoms with van der Waals surface area (Å²) in [5.41, 5.74) is 3.03. The maximum absolute atomic E-state index is 13.3. The van der Waals surface area contributed by atoms with Crippen LogP contribution in [0.15, 0.2) is 48.5 Å². The van der Waals surface area contributed by atoms with Gasteiger partial charge in [-0.15, -0.1) is 0 Å². The zero-order chi connectivity index (χ0) is 21.1. The summed E-state index contributed by atoms with van der Waals surface area (Å²) in [5, 5.41) is 12.5. The molecule has 2 atom stereocenters. The molecule has 29 heavy (non-hydrogen) atoms. The molecule has 0 aliphatic carbocycles. The van der Waals surface area contributed by atoms with Crippen LogP contribution in [0.5, 0.6) is 0 Å². The molecule has 2 amide bonds. The highest BCUT2D eigenvalue weighted by atomic mass is 16.4. The van der Waals surface area contributed by atoms with Crippen LogP contribution < -0.4 is 5.32 Å². The highest BCUT2D eigenvalue weighted by Crippen LogP contribution is 2.29. The maximum atomic E-state index is 13.3. The van der Waals surface area contributed by atoms with Crippen molar-refractivity contribution in [2.24, 2.45) is 5.92 Å². The smallest absolute Gasteiger partial charge is 0.312 e. The number of aliphatic carboxylic acids is 1. The first-order chi connectivity index (χ1) is 13.8. The third kappa shape index (κ3) is 4.47. The fourth-order valence-corrected chi connectivity index (χ4v) is 3.71. The van der Waals surface area contributed by atoms with Crippen molar-refractivity contribution in [1.29, 1.82) is 0 Å². The van der Waals surface area contributed by atoms with Gasteiger partial charge in [-0.2, -0.15) is 0 Å². The molecule has 0 bridgehead atoms. The Hall–Kier alpha value is -3.15. The van der Waals surface area contributed by atoms with Crippen molar-refractivity contribution in [3.8, 4) is 0 Å². The van der Waals surface area contributed by atoms with Crippen LogP contribution in [-0.4, -0.2) is 40.4 Å². The van der Waals surface area contributed by atoms with Gasteiger partial charge in [-0.05, 0) is 36.1 Å². The van der Waals surface area contributed by atoms with Crippen molar-refractivity contribution in [3.63, 3.8) is 0 Å². The normalized spacial score (nSPS) is 16.8. The van der Waals surface area contributed by atoms with E-state index < -0.39 is 17.9 Å². The number of nitrogens with one attached hydrogen (secondary N) is 1. The van der Waals surface area contributed by atoms with Crippen LogP contribution >= 0.6 is 0 Å². The molecule has 0 radical (unpaired) electrons. The fraction of sp³-hybridized carbons (Fsp3) is 0.348. The quantitative estimate of drug-likeness (QED) is 0.816. The van der Waals surface area contributed by atoms with Gasteiger partial charge in [0, 0.05) is 18.7 Å². The summed E-state index contributed by atoms with van der Waals surface area (Å²) in [4.78, 5) is 39.3. The highest BCUT2D eigenvalue weighted by molar-refractivity contribution is 5.98. The lowest BCUT2D eigenvalue weighted by atomic mass is 9.89. The average molecular weight is 394 g/mol. The molecule has 6 heteroatoms. The van der Waals surface area contributed by atoms with Gasteiger partial charge >= 0.3 is 5.97 Å². The van der Waals surface area contributed by atoms with Gasteiger partial charge < -0.3 is 15.3 Å². The van der Waals surface area contributed by atoms with Crippen molar-refractivity contribution < 1.29 is 19.5 Å². The first-order valence-corrected chi connectivity index (χ1v) is 9.75. The molecule has 2 aromatic rings. The van der Waals surface area contributed by atoms with Gasteiger partial charge in [-0.3, -0.25) is 14.4 Å². The second-order valence-electron chi connectivity index (χ2n) is 7.87. The van der Waals surface area contributed by atoms with E-state index in [1.165, 1.54) is 0 Å². The van der Waals surface area contributed by atoms with Gasteiger partial charge in [0.2, 0.25) is 5.91 Å². The molecule has 2 N–H and O–H groups in total. The number of hydrogen-bond acceptors (Lipinski definition) is 3. The minimum absolute atomic E-state index is 0.0920. The number of fused-ring (bicyclic) bond motifs is 1. The van der Waals surface area contributed by atoms with E-state index in [2.05, 4.69) is 5.32 Å². The number of benzene rings is 2. The zero-order valence-electron chi connectivity index (χ0n) is 16.9. The number of nitrogens with zero attached hydrogens (tertiary/aromatic N) is 1. The van der Waals surface area contributed by atoms with Crippen molar-refractivity contribution in [2.45, 2.75) is 39.3 Å². The van der Waals surface area contributed by atoms with Gasteiger partial charge in [0.1, 0.15) is 6.04 Å². The molecule has 3 rings (SSSR count). The average Bonchev–Trinajstić information content (AvgIpc) is 2.70. The van der Waals surface area contributed by atoms with Crippen molar-refractivity contribution in [3.05, 3.63) is 70.8 Å². The molecular formula is C23H26N2O4. The van der Waals surface area contributed by atoms with Gasteiger partial charge in [-0.1, -0.05) is 55.8 Å². The molecule has 0 saturated heterocycles. The van der Waals surface area contributed by atoms with Gasteiger partial charge in [0.05, 0.1) is 5.92 Å². The molecule has 1 aliphatic heterocycles. The van der Waals surface area contributed by atoms with Crippen LogP contribution in [0.3, 0.4) is 0 Å². The molecule has 0 saturated carbocycles. The van der Waals surface area contributed by atoms with Crippen molar-refractivity contribution in [1.82, 2.24) is 10.2 Å². The van der Waals surface area contributed by atoms with Crippen LogP contribution in [0.1, 0.15) is 46.8 Å². The Bertz CT molecular complexity index is 938. The van der Waals surface area contributed by atoms with Crippen molar-refractivity contribution >= 4 is 17.8 Å². The van der Waals surface area contributed by atoms with Crippen LogP contribution in [0, 0.1) is 12.8 Å². The zero-order valence-corrected chi connectivity index (χ0v) is 16.9. The van der Waals surface area contributed by atoms with E-state index in [1.54, 1.807) is 29.2 Å². The number of rotatable bonds is 5. The van der Waals surface area contributed by atoms with Crippen LogP contribution in [0.4, 0.5) is 0 Å². The van der Waals surface area contributed by atoms with Crippen LogP contribution in [-0.2, 0) is 16.1 Å². The van der Waals surface area contributed by atoms with E-state index in [0.717, 1.165) is 16.7 Å². The van der Waals surface area contributed by atoms with Crippen molar-refractivity contribution in [2.75, 3.05) is 6.54 Å². The molecule has 2 aromatic carbocycles. The topological polar surface area (TPSA) is 86.7 Å². The summed E-state index contributed by atoms with van der Waals surface area (Å²) >= 11 is 0. The Balaban J connectivity index is 1.82. The summed E-state index contributed by atoms with van der Waals surface area (Å²) in [5.74, 6) is -2.45. The Kier molecular flexibility index (Phi) is 6.01. The van der Waals surface area contributed by atoms with E-state index in [1.807, 2.05) is 45.0 Å². The number of hydrogen-bond donors (Lipinski definition) is 2. The number of amides is 2. The number of carbonyl (C=O) groups excluding carboxylic acids is 2. The molecule has 1 heterocycles. The molecule has 2 unspecified atom stereocenters. The Morgan fingerprint density at radius 3 is 2.48 bits per heavy atom. The maximum Gasteiger partial charge on any atom is 0.312 e. The summed E-state index contributed by atoms with van der Waals surface area (Å²) < 4.78 is 0. The molecule has 0 aromatic heterocycles. The van der Waals surface area contributed by atoms with E-state index in [0.29, 0.717) is 12.1 Å². The Morgan fingerprint density at radius 2 is 1.83 bits per heavy atom. The molecule has 0 spiro atoms. The number of aryl methyl sites for hydroxylation is 1. The summed E-state index contributed by atoms with van der Waals surface area (Å²) in [6.07, 6.45) is 0. The summed E-state index contributed by atoms with van der Waals surface area (Å²) in [6, 6.07) is 13.7. The minimum Gasteiger partial charge on any atom is -0.481 e. The largest absolute Gasteiger partial charge is 0.481 e. The first-order valence-electron chi connectivity index (χ1n) is 9.75. The molecule has 0 fully saturated rings. The third-order valence-electron chi connectivity index (χ3n) is 5.30. The minimum atomic E-state index is -0.958. The SMILES string of the molecule is Cc1cccc(C(=O)NC(C(=O)N2Cc3ccccc3C(C(=O)O)C2)C(C)C)c1. The molecular weight excluding hydrogens is 368 g/mol. The van der Waals surface area contributed by atoms with E-state index in [-0.39, 0.29) is 24.3 Å². The predicted octanol–water partition coefficient (Wildman–Crippen LogP) is 2.96. The van der Waals surface area contributed by atoms with E-state index >= 15 is 0 Å². The van der Waals surface area contributed by atoms with E-state index in [4.69, 9.17) is 0 Å². The van der Waals surface area contributed by atoms with Gasteiger partial charge in [0.25, 0.3) is 5.91 Å². The molecule has 152 valence electrons. The number of carboxylic acids is 1. The number of carboxylic acid groups (broad SMARTS) is 1. The second-order valence-corrected chi connectivity index (χ2v) is 7.87. The van der Waals surface area contributed by atoms with Crippen LogP contribution in [0.25, 0.3) is 0 Å².